The molecule has 0 bridgehead atoms. The molecule has 0 aromatic carbocycles. The largest absolute Gasteiger partial charge is 0.365 e. The van der Waals surface area contributed by atoms with Crippen molar-refractivity contribution in [2.24, 2.45) is 0 Å². The van der Waals surface area contributed by atoms with E-state index in [0.29, 0.717) is 15.1 Å². The summed E-state index contributed by atoms with van der Waals surface area (Å²) in [6.07, 6.45) is 2.49. The van der Waals surface area contributed by atoms with Gasteiger partial charge in [0.15, 0.2) is 11.6 Å². The molecule has 0 saturated carbocycles. The third-order valence-electron chi connectivity index (χ3n) is 1.87. The topological polar surface area (TPSA) is 24.9 Å². The number of aromatic nitrogens is 1. The van der Waals surface area contributed by atoms with E-state index in [9.17, 15) is 4.39 Å². The zero-order chi connectivity index (χ0) is 11.4. The van der Waals surface area contributed by atoms with Crippen LogP contribution in [0.25, 0.3) is 0 Å². The highest BCUT2D eigenvalue weighted by Crippen LogP contribution is 2.18. The number of anilines is 1. The van der Waals surface area contributed by atoms with Gasteiger partial charge < -0.3 is 5.32 Å². The normalized spacial score (nSPS) is 14.7. The first-order chi connectivity index (χ1) is 6.99. The summed E-state index contributed by atoms with van der Waals surface area (Å²) in [6, 6.07) is 1.59. The Morgan fingerprint density at radius 2 is 2.20 bits per heavy atom. The number of nitrogens with one attached hydrogen (secondary N) is 1. The quantitative estimate of drug-likeness (QED) is 0.840. The predicted octanol–water partition coefficient (Wildman–Crippen LogP) is 3.96. The number of hydrogen-bond donors (Lipinski definition) is 1. The smallest absolute Gasteiger partial charge is 0.166 e. The van der Waals surface area contributed by atoms with Gasteiger partial charge in [0.05, 0.1) is 0 Å². The summed E-state index contributed by atoms with van der Waals surface area (Å²) in [6.45, 7) is 4.06. The second-order valence-electron chi connectivity index (χ2n) is 3.55. The van der Waals surface area contributed by atoms with E-state index in [0.717, 1.165) is 6.42 Å². The van der Waals surface area contributed by atoms with Gasteiger partial charge in [0, 0.05) is 21.5 Å². The Hall–Kier alpha value is -0.160. The third-order valence-corrected chi connectivity index (χ3v) is 2.68. The molecule has 1 aromatic rings. The van der Waals surface area contributed by atoms with Gasteiger partial charge >= 0.3 is 0 Å². The van der Waals surface area contributed by atoms with Crippen molar-refractivity contribution < 1.29 is 4.39 Å². The van der Waals surface area contributed by atoms with Gasteiger partial charge in [0.1, 0.15) is 0 Å². The monoisotopic (exact) mass is 338 g/mol. The van der Waals surface area contributed by atoms with Crippen molar-refractivity contribution in [1.82, 2.24) is 4.98 Å². The van der Waals surface area contributed by atoms with Gasteiger partial charge in [-0.3, -0.25) is 0 Å². The predicted molar refractivity (Wildman–Crippen MR) is 68.0 cm³/mol. The molecule has 0 fully saturated rings. The number of rotatable bonds is 4. The molecule has 0 spiro atoms. The molecule has 0 radical (unpaired) electrons. The van der Waals surface area contributed by atoms with Crippen LogP contribution in [0.3, 0.4) is 0 Å². The van der Waals surface area contributed by atoms with E-state index >= 15 is 0 Å². The molecule has 15 heavy (non-hydrogen) atoms. The molecule has 0 aliphatic carbocycles. The van der Waals surface area contributed by atoms with Crippen LogP contribution in [0.1, 0.15) is 20.3 Å². The number of pyridine rings is 1. The van der Waals surface area contributed by atoms with Crippen LogP contribution in [0.5, 0.6) is 0 Å². The van der Waals surface area contributed by atoms with E-state index in [2.05, 4.69) is 49.1 Å². The van der Waals surface area contributed by atoms with Crippen molar-refractivity contribution in [1.29, 1.82) is 0 Å². The zero-order valence-corrected chi connectivity index (χ0v) is 11.8. The molecule has 5 heteroatoms. The highest BCUT2D eigenvalue weighted by atomic mass is 79.9. The molecule has 1 heterocycles. The molecule has 0 saturated heterocycles. The maximum atomic E-state index is 13.4. The van der Waals surface area contributed by atoms with Crippen molar-refractivity contribution in [2.45, 2.75) is 31.1 Å². The maximum Gasteiger partial charge on any atom is 0.166 e. The Kier molecular flexibility index (Phi) is 4.99. The summed E-state index contributed by atoms with van der Waals surface area (Å²) < 4.78 is 14.0. The number of alkyl halides is 1. The molecule has 0 aliphatic rings. The molecule has 2 unspecified atom stereocenters. The maximum absolute atomic E-state index is 13.4. The third kappa shape index (κ3) is 4.47. The molecule has 1 aromatic heterocycles. The lowest BCUT2D eigenvalue weighted by atomic mass is 10.2. The van der Waals surface area contributed by atoms with E-state index in [4.69, 9.17) is 0 Å². The Bertz CT molecular complexity index is 331. The van der Waals surface area contributed by atoms with E-state index in [1.54, 1.807) is 6.20 Å². The standard InChI is InChI=1S/C10H13Br2FN2/c1-6(11)3-7(2)15-10-9(13)4-8(12)5-14-10/h4-7H,3H2,1-2H3,(H,14,15). The van der Waals surface area contributed by atoms with Crippen molar-refractivity contribution in [3.05, 3.63) is 22.6 Å². The fourth-order valence-electron chi connectivity index (χ4n) is 1.30. The minimum absolute atomic E-state index is 0.183. The van der Waals surface area contributed by atoms with Gasteiger partial charge in [-0.25, -0.2) is 9.37 Å². The Morgan fingerprint density at radius 3 is 2.73 bits per heavy atom. The highest BCUT2D eigenvalue weighted by molar-refractivity contribution is 9.10. The Labute approximate surface area is 106 Å². The first kappa shape index (κ1) is 12.9. The summed E-state index contributed by atoms with van der Waals surface area (Å²) in [5.74, 6) is -0.0303. The van der Waals surface area contributed by atoms with Crippen molar-refractivity contribution in [3.63, 3.8) is 0 Å². The summed E-state index contributed by atoms with van der Waals surface area (Å²) in [4.78, 5) is 4.38. The first-order valence-corrected chi connectivity index (χ1v) is 6.41. The molecule has 84 valence electrons. The van der Waals surface area contributed by atoms with Gasteiger partial charge in [-0.1, -0.05) is 22.9 Å². The fourth-order valence-corrected chi connectivity index (χ4v) is 2.16. The Morgan fingerprint density at radius 1 is 1.53 bits per heavy atom. The number of halogens is 3. The van der Waals surface area contributed by atoms with E-state index < -0.39 is 0 Å². The minimum Gasteiger partial charge on any atom is -0.365 e. The summed E-state index contributed by atoms with van der Waals surface area (Å²) in [7, 11) is 0. The number of hydrogen-bond acceptors (Lipinski definition) is 2. The van der Waals surface area contributed by atoms with Gasteiger partial charge in [-0.15, -0.1) is 0 Å². The molecule has 1 N–H and O–H groups in total. The number of nitrogens with zero attached hydrogens (tertiary/aromatic N) is 1. The molecule has 0 amide bonds. The molecular formula is C10H13Br2FN2. The van der Waals surface area contributed by atoms with Crippen LogP contribution in [0.4, 0.5) is 10.2 Å². The van der Waals surface area contributed by atoms with Gasteiger partial charge in [-0.05, 0) is 35.3 Å². The molecule has 0 aliphatic heterocycles. The molecule has 2 nitrogen and oxygen atoms in total. The van der Waals surface area contributed by atoms with Crippen LogP contribution in [-0.2, 0) is 0 Å². The summed E-state index contributed by atoms with van der Waals surface area (Å²) in [5, 5.41) is 3.03. The second kappa shape index (κ2) is 5.80. The van der Waals surface area contributed by atoms with E-state index in [1.807, 2.05) is 6.92 Å². The van der Waals surface area contributed by atoms with E-state index in [-0.39, 0.29) is 11.9 Å². The van der Waals surface area contributed by atoms with E-state index in [1.165, 1.54) is 6.07 Å². The second-order valence-corrected chi connectivity index (χ2v) is 6.02. The van der Waals surface area contributed by atoms with Crippen molar-refractivity contribution in [3.8, 4) is 0 Å². The zero-order valence-electron chi connectivity index (χ0n) is 8.60. The summed E-state index contributed by atoms with van der Waals surface area (Å²) in [5.41, 5.74) is 0. The van der Waals surface area contributed by atoms with Crippen LogP contribution in [0, 0.1) is 5.82 Å². The van der Waals surface area contributed by atoms with Crippen LogP contribution in [-0.4, -0.2) is 15.9 Å². The average Bonchev–Trinajstić information content (AvgIpc) is 2.08. The van der Waals surface area contributed by atoms with Crippen LogP contribution >= 0.6 is 31.9 Å². The highest BCUT2D eigenvalue weighted by Gasteiger charge is 2.10. The van der Waals surface area contributed by atoms with Crippen LogP contribution in [0.15, 0.2) is 16.7 Å². The van der Waals surface area contributed by atoms with Gasteiger partial charge in [-0.2, -0.15) is 0 Å². The van der Waals surface area contributed by atoms with Gasteiger partial charge in [0.25, 0.3) is 0 Å². The SMILES string of the molecule is CC(Br)CC(C)Nc1ncc(Br)cc1F. The molecule has 1 rings (SSSR count). The minimum atomic E-state index is -0.335. The van der Waals surface area contributed by atoms with Crippen molar-refractivity contribution in [2.75, 3.05) is 5.32 Å². The Balaban J connectivity index is 2.64. The molecule has 2 atom stereocenters. The van der Waals surface area contributed by atoms with Crippen molar-refractivity contribution >= 4 is 37.7 Å². The van der Waals surface area contributed by atoms with Gasteiger partial charge in [0.2, 0.25) is 0 Å². The lowest BCUT2D eigenvalue weighted by Gasteiger charge is -2.16. The lowest BCUT2D eigenvalue weighted by molar-refractivity contribution is 0.614. The molecular weight excluding hydrogens is 327 g/mol. The summed E-state index contributed by atoms with van der Waals surface area (Å²) >= 11 is 6.62. The fraction of sp³-hybridized carbons (Fsp3) is 0.500. The van der Waals surface area contributed by atoms with Crippen LogP contribution < -0.4 is 5.32 Å². The average molecular weight is 340 g/mol. The lowest BCUT2D eigenvalue weighted by Crippen LogP contribution is -2.19. The van der Waals surface area contributed by atoms with Crippen LogP contribution in [0.2, 0.25) is 0 Å². The first-order valence-electron chi connectivity index (χ1n) is 4.70.